The topological polar surface area (TPSA) is 125 Å². The molecule has 2 aliphatic heterocycles. The van der Waals surface area contributed by atoms with Crippen molar-refractivity contribution < 1.29 is 33.5 Å². The number of allylic oxidation sites excluding steroid dienone is 2. The fraction of sp³-hybridized carbons (Fsp3) is 0.241. The molecule has 0 spiro atoms. The number of hydrogen-bond acceptors (Lipinski definition) is 7. The number of hydrazine groups is 2. The summed E-state index contributed by atoms with van der Waals surface area (Å²) in [7, 11) is 0. The van der Waals surface area contributed by atoms with Gasteiger partial charge in [-0.25, -0.2) is 14.8 Å². The van der Waals surface area contributed by atoms with Crippen LogP contribution in [0.4, 0.5) is 16.2 Å². The Morgan fingerprint density at radius 1 is 0.600 bits per heavy atom. The van der Waals surface area contributed by atoms with Crippen LogP contribution < -0.4 is 10.0 Å². The first-order chi connectivity index (χ1) is 18.9. The monoisotopic (exact) mass is 546 g/mol. The minimum atomic E-state index is -0.865. The Kier molecular flexibility index (Phi) is 9.00. The molecule has 0 aliphatic carbocycles. The third kappa shape index (κ3) is 5.53. The van der Waals surface area contributed by atoms with E-state index in [1.54, 1.807) is 95.3 Å². The van der Waals surface area contributed by atoms with E-state index in [1.807, 2.05) is 0 Å². The number of para-hydroxylation sites is 2. The molecular formula is C29H30N4O7. The highest BCUT2D eigenvalue weighted by Gasteiger charge is 2.47. The van der Waals surface area contributed by atoms with Crippen LogP contribution in [0.3, 0.4) is 0 Å². The predicted molar refractivity (Wildman–Crippen MR) is 146 cm³/mol. The molecule has 6 amide bonds. The molecular weight excluding hydrogens is 516 g/mol. The van der Waals surface area contributed by atoms with Crippen molar-refractivity contribution in [3.63, 3.8) is 0 Å². The Balaban J connectivity index is 0.000000222. The molecule has 2 heterocycles. The summed E-state index contributed by atoms with van der Waals surface area (Å²) in [5.41, 5.74) is 2.12. The molecule has 4 rings (SSSR count). The number of rotatable bonds is 3. The summed E-state index contributed by atoms with van der Waals surface area (Å²) in [6.45, 7) is 9.68. The van der Waals surface area contributed by atoms with Crippen molar-refractivity contribution in [1.29, 1.82) is 0 Å². The standard InChI is InChI=1S/C15H16N2O4.C14H14N2O3/c1-4-21-15(20)17-14(19)12(10(2)3)13(18)16(17)11-8-6-5-7-9-11;1-9(2)12-13(18)15(10(3)17)16(14(12)19)11-7-5-4-6-8-11/h5-9H,4H2,1-3H3;4-8H,1-3H3. The van der Waals surface area contributed by atoms with Crippen molar-refractivity contribution >= 4 is 47.0 Å². The lowest BCUT2D eigenvalue weighted by Gasteiger charge is -2.24. The Hall–Kier alpha value is -5.06. The van der Waals surface area contributed by atoms with Gasteiger partial charge in [0.1, 0.15) is 11.1 Å². The van der Waals surface area contributed by atoms with Gasteiger partial charge in [-0.1, -0.05) is 47.5 Å². The highest BCUT2D eigenvalue weighted by atomic mass is 16.6. The number of amides is 6. The van der Waals surface area contributed by atoms with E-state index in [2.05, 4.69) is 0 Å². The van der Waals surface area contributed by atoms with Gasteiger partial charge in [-0.2, -0.15) is 5.01 Å². The van der Waals surface area contributed by atoms with Crippen LogP contribution in [0.15, 0.2) is 83.0 Å². The third-order valence-corrected chi connectivity index (χ3v) is 5.77. The van der Waals surface area contributed by atoms with Gasteiger partial charge in [0.15, 0.2) is 0 Å². The van der Waals surface area contributed by atoms with Crippen LogP contribution in [-0.2, 0) is 28.7 Å². The quantitative estimate of drug-likeness (QED) is 0.422. The molecule has 11 heteroatoms. The predicted octanol–water partition coefficient (Wildman–Crippen LogP) is 3.93. The smallest absolute Gasteiger partial charge is 0.436 e. The molecule has 208 valence electrons. The lowest BCUT2D eigenvalue weighted by molar-refractivity contribution is -0.140. The molecule has 0 radical (unpaired) electrons. The molecule has 2 aliphatic rings. The van der Waals surface area contributed by atoms with Gasteiger partial charge in [-0.05, 0) is 58.9 Å². The van der Waals surface area contributed by atoms with Gasteiger partial charge in [0.25, 0.3) is 23.6 Å². The van der Waals surface area contributed by atoms with Gasteiger partial charge in [0.05, 0.1) is 18.0 Å². The number of imide groups is 2. The first kappa shape index (κ1) is 29.5. The molecule has 0 unspecified atom stereocenters. The van der Waals surface area contributed by atoms with Crippen LogP contribution in [0.2, 0.25) is 0 Å². The third-order valence-electron chi connectivity index (χ3n) is 5.77. The fourth-order valence-corrected chi connectivity index (χ4v) is 4.06. The van der Waals surface area contributed by atoms with Gasteiger partial charge in [-0.15, -0.1) is 5.01 Å². The van der Waals surface area contributed by atoms with Crippen molar-refractivity contribution in [3.05, 3.63) is 83.0 Å². The van der Waals surface area contributed by atoms with Gasteiger partial charge < -0.3 is 4.74 Å². The highest BCUT2D eigenvalue weighted by Crippen LogP contribution is 2.30. The van der Waals surface area contributed by atoms with Crippen LogP contribution in [-0.4, -0.2) is 52.3 Å². The molecule has 0 aromatic heterocycles. The summed E-state index contributed by atoms with van der Waals surface area (Å²) in [5, 5.41) is 3.78. The van der Waals surface area contributed by atoms with E-state index >= 15 is 0 Å². The maximum atomic E-state index is 12.5. The average Bonchev–Trinajstić information content (AvgIpc) is 3.33. The van der Waals surface area contributed by atoms with Crippen LogP contribution in [0.25, 0.3) is 0 Å². The average molecular weight is 547 g/mol. The van der Waals surface area contributed by atoms with E-state index in [0.29, 0.717) is 22.5 Å². The van der Waals surface area contributed by atoms with Crippen LogP contribution in [0.5, 0.6) is 0 Å². The Labute approximate surface area is 231 Å². The van der Waals surface area contributed by atoms with E-state index in [1.165, 1.54) is 6.92 Å². The van der Waals surface area contributed by atoms with Crippen molar-refractivity contribution in [2.75, 3.05) is 16.6 Å². The van der Waals surface area contributed by atoms with Gasteiger partial charge in [0, 0.05) is 6.92 Å². The number of hydrogen-bond donors (Lipinski definition) is 0. The summed E-state index contributed by atoms with van der Waals surface area (Å²) in [5.74, 6) is -2.72. The summed E-state index contributed by atoms with van der Waals surface area (Å²) in [6, 6.07) is 17.1. The normalized spacial score (nSPS) is 14.9. The van der Waals surface area contributed by atoms with Gasteiger partial charge in [0.2, 0.25) is 5.91 Å². The van der Waals surface area contributed by atoms with Crippen molar-refractivity contribution in [2.45, 2.75) is 41.5 Å². The van der Waals surface area contributed by atoms with Gasteiger partial charge >= 0.3 is 6.09 Å². The summed E-state index contributed by atoms with van der Waals surface area (Å²) < 4.78 is 4.87. The van der Waals surface area contributed by atoms with E-state index < -0.39 is 35.6 Å². The zero-order valence-electron chi connectivity index (χ0n) is 23.1. The minimum absolute atomic E-state index is 0.00749. The molecule has 0 saturated carbocycles. The highest BCUT2D eigenvalue weighted by molar-refractivity contribution is 6.33. The Bertz CT molecular complexity index is 1420. The number of nitrogens with zero attached hydrogens (tertiary/aromatic N) is 4. The Morgan fingerprint density at radius 2 is 0.975 bits per heavy atom. The largest absolute Gasteiger partial charge is 0.448 e. The Morgan fingerprint density at radius 3 is 1.32 bits per heavy atom. The zero-order chi connectivity index (χ0) is 29.7. The van der Waals surface area contributed by atoms with Crippen LogP contribution in [0, 0.1) is 0 Å². The molecule has 2 aromatic carbocycles. The van der Waals surface area contributed by atoms with Crippen molar-refractivity contribution in [1.82, 2.24) is 10.0 Å². The molecule has 0 bridgehead atoms. The van der Waals surface area contributed by atoms with Crippen LogP contribution in [0.1, 0.15) is 41.5 Å². The van der Waals surface area contributed by atoms with E-state index in [0.717, 1.165) is 20.0 Å². The fourth-order valence-electron chi connectivity index (χ4n) is 4.06. The first-order valence-corrected chi connectivity index (χ1v) is 12.4. The van der Waals surface area contributed by atoms with E-state index in [9.17, 15) is 28.8 Å². The summed E-state index contributed by atoms with van der Waals surface area (Å²) >= 11 is 0. The second-order valence-corrected chi connectivity index (χ2v) is 9.11. The maximum Gasteiger partial charge on any atom is 0.436 e. The molecule has 2 saturated heterocycles. The minimum Gasteiger partial charge on any atom is -0.448 e. The van der Waals surface area contributed by atoms with E-state index in [-0.39, 0.29) is 17.8 Å². The second-order valence-electron chi connectivity index (χ2n) is 9.11. The molecule has 40 heavy (non-hydrogen) atoms. The lowest BCUT2D eigenvalue weighted by Crippen LogP contribution is -2.45. The SMILES string of the molecule is CC(=O)N1C(=O)C(=C(C)C)C(=O)N1c1ccccc1.CCOC(=O)N1C(=O)C(=C(C)C)C(=O)N1c1ccccc1. The number of carbonyl (C=O) groups excluding carboxylic acids is 6. The molecule has 11 nitrogen and oxygen atoms in total. The van der Waals surface area contributed by atoms with Crippen LogP contribution >= 0.6 is 0 Å². The van der Waals surface area contributed by atoms with Crippen molar-refractivity contribution in [3.8, 4) is 0 Å². The van der Waals surface area contributed by atoms with Gasteiger partial charge in [-0.3, -0.25) is 24.0 Å². The molecule has 2 aromatic rings. The number of ether oxygens (including phenoxy) is 1. The second kappa shape index (κ2) is 12.2. The number of carbonyl (C=O) groups is 6. The number of anilines is 2. The lowest BCUT2D eigenvalue weighted by atomic mass is 10.1. The molecule has 0 atom stereocenters. The summed E-state index contributed by atoms with van der Waals surface area (Å²) in [6.07, 6.45) is -0.865. The first-order valence-electron chi connectivity index (χ1n) is 12.4. The molecule has 0 N–H and O–H groups in total. The number of benzene rings is 2. The maximum absolute atomic E-state index is 12.5. The summed E-state index contributed by atoms with van der Waals surface area (Å²) in [4.78, 5) is 73.0. The zero-order valence-corrected chi connectivity index (χ0v) is 23.1. The van der Waals surface area contributed by atoms with E-state index in [4.69, 9.17) is 4.74 Å². The molecule has 2 fully saturated rings. The van der Waals surface area contributed by atoms with Crippen molar-refractivity contribution in [2.24, 2.45) is 0 Å².